The first-order chi connectivity index (χ1) is 8.86. The van der Waals surface area contributed by atoms with Gasteiger partial charge in [-0.25, -0.2) is 0 Å². The number of alkyl halides is 3. The van der Waals surface area contributed by atoms with Crippen molar-refractivity contribution < 1.29 is 13.2 Å². The minimum Gasteiger partial charge on any atom is -0.311 e. The normalized spacial score (nSPS) is 41.2. The third kappa shape index (κ3) is 4.11. The SMILES string of the molecule is CC1CCC(NC2CCC(C(F)(F)F)CC2)C(C)C1. The standard InChI is InChI=1S/C15H26F3N/c1-10-3-8-14(11(2)9-10)19-13-6-4-12(5-7-13)15(16,17)18/h10-14,19H,3-9H2,1-2H3. The van der Waals surface area contributed by atoms with Crippen LogP contribution < -0.4 is 5.32 Å². The van der Waals surface area contributed by atoms with Crippen molar-refractivity contribution in [2.45, 2.75) is 77.1 Å². The van der Waals surface area contributed by atoms with E-state index >= 15 is 0 Å². The largest absolute Gasteiger partial charge is 0.391 e. The lowest BCUT2D eigenvalue weighted by molar-refractivity contribution is -0.182. The molecule has 19 heavy (non-hydrogen) atoms. The van der Waals surface area contributed by atoms with Gasteiger partial charge in [-0.3, -0.25) is 0 Å². The molecule has 0 aliphatic heterocycles. The molecule has 0 amide bonds. The van der Waals surface area contributed by atoms with Crippen LogP contribution in [0.25, 0.3) is 0 Å². The van der Waals surface area contributed by atoms with Crippen molar-refractivity contribution in [2.75, 3.05) is 0 Å². The van der Waals surface area contributed by atoms with Crippen molar-refractivity contribution in [3.8, 4) is 0 Å². The fraction of sp³-hybridized carbons (Fsp3) is 1.00. The summed E-state index contributed by atoms with van der Waals surface area (Å²) >= 11 is 0. The van der Waals surface area contributed by atoms with Gasteiger partial charge >= 0.3 is 6.18 Å². The first-order valence-electron chi connectivity index (χ1n) is 7.69. The Morgan fingerprint density at radius 2 is 1.53 bits per heavy atom. The summed E-state index contributed by atoms with van der Waals surface area (Å²) in [6.45, 7) is 4.57. The molecule has 2 saturated carbocycles. The summed E-state index contributed by atoms with van der Waals surface area (Å²) in [7, 11) is 0. The second-order valence-electron chi connectivity index (χ2n) is 6.76. The lowest BCUT2D eigenvalue weighted by Gasteiger charge is -2.38. The molecular formula is C15H26F3N. The van der Waals surface area contributed by atoms with Crippen molar-refractivity contribution in [3.05, 3.63) is 0 Å². The van der Waals surface area contributed by atoms with Crippen LogP contribution in [0.1, 0.15) is 58.8 Å². The highest BCUT2D eigenvalue weighted by atomic mass is 19.4. The zero-order chi connectivity index (χ0) is 14.0. The van der Waals surface area contributed by atoms with Gasteiger partial charge in [-0.1, -0.05) is 13.8 Å². The van der Waals surface area contributed by atoms with Crippen LogP contribution in [-0.2, 0) is 0 Å². The van der Waals surface area contributed by atoms with Crippen LogP contribution in [-0.4, -0.2) is 18.3 Å². The molecule has 0 aromatic heterocycles. The average molecular weight is 277 g/mol. The van der Waals surface area contributed by atoms with E-state index in [9.17, 15) is 13.2 Å². The van der Waals surface area contributed by atoms with Crippen LogP contribution in [0.15, 0.2) is 0 Å². The summed E-state index contributed by atoms with van der Waals surface area (Å²) in [5, 5.41) is 3.63. The van der Waals surface area contributed by atoms with Crippen LogP contribution in [0, 0.1) is 17.8 Å². The van der Waals surface area contributed by atoms with Crippen molar-refractivity contribution >= 4 is 0 Å². The molecule has 0 radical (unpaired) electrons. The molecule has 0 spiro atoms. The molecule has 1 nitrogen and oxygen atoms in total. The second kappa shape index (κ2) is 6.02. The molecule has 2 aliphatic rings. The third-order valence-corrected chi connectivity index (χ3v) is 5.07. The zero-order valence-corrected chi connectivity index (χ0v) is 12.0. The van der Waals surface area contributed by atoms with E-state index in [1.165, 1.54) is 19.3 Å². The number of rotatable bonds is 2. The van der Waals surface area contributed by atoms with E-state index in [4.69, 9.17) is 0 Å². The molecule has 1 N–H and O–H groups in total. The first kappa shape index (κ1) is 15.1. The minimum atomic E-state index is -3.99. The molecule has 2 rings (SSSR count). The van der Waals surface area contributed by atoms with Crippen LogP contribution in [0.5, 0.6) is 0 Å². The number of halogens is 3. The molecule has 4 heteroatoms. The van der Waals surface area contributed by atoms with Gasteiger partial charge in [0.05, 0.1) is 5.92 Å². The van der Waals surface area contributed by atoms with Crippen molar-refractivity contribution in [1.82, 2.24) is 5.32 Å². The maximum atomic E-state index is 12.6. The van der Waals surface area contributed by atoms with Crippen LogP contribution in [0.3, 0.4) is 0 Å². The molecule has 0 saturated heterocycles. The van der Waals surface area contributed by atoms with Crippen molar-refractivity contribution in [3.63, 3.8) is 0 Å². The predicted octanol–water partition coefficient (Wildman–Crippen LogP) is 4.52. The summed E-state index contributed by atoms with van der Waals surface area (Å²) in [4.78, 5) is 0. The quantitative estimate of drug-likeness (QED) is 0.782. The molecule has 3 unspecified atom stereocenters. The highest BCUT2D eigenvalue weighted by Crippen LogP contribution is 2.38. The average Bonchev–Trinajstić information content (AvgIpc) is 2.32. The lowest BCUT2D eigenvalue weighted by Crippen LogP contribution is -2.46. The van der Waals surface area contributed by atoms with Gasteiger partial charge in [-0.2, -0.15) is 13.2 Å². The van der Waals surface area contributed by atoms with Gasteiger partial charge in [0.25, 0.3) is 0 Å². The monoisotopic (exact) mass is 277 g/mol. The first-order valence-corrected chi connectivity index (χ1v) is 7.69. The van der Waals surface area contributed by atoms with Gasteiger partial charge in [0.1, 0.15) is 0 Å². The molecule has 2 fully saturated rings. The molecular weight excluding hydrogens is 251 g/mol. The summed E-state index contributed by atoms with van der Waals surface area (Å²) in [6.07, 6.45) is 1.67. The Morgan fingerprint density at radius 1 is 0.895 bits per heavy atom. The minimum absolute atomic E-state index is 0.304. The molecule has 0 aromatic carbocycles. The Kier molecular flexibility index (Phi) is 4.80. The van der Waals surface area contributed by atoms with E-state index in [0.29, 0.717) is 43.7 Å². The highest BCUT2D eigenvalue weighted by molar-refractivity contribution is 4.87. The summed E-state index contributed by atoms with van der Waals surface area (Å²) in [5.74, 6) is 0.396. The van der Waals surface area contributed by atoms with Crippen molar-refractivity contribution in [2.24, 2.45) is 17.8 Å². The Bertz CT molecular complexity index is 282. The fourth-order valence-corrected chi connectivity index (χ4v) is 3.80. The van der Waals surface area contributed by atoms with Crippen molar-refractivity contribution in [1.29, 1.82) is 0 Å². The maximum absolute atomic E-state index is 12.6. The molecule has 2 aliphatic carbocycles. The summed E-state index contributed by atoms with van der Waals surface area (Å²) in [5.41, 5.74) is 0. The third-order valence-electron chi connectivity index (χ3n) is 5.07. The number of hydrogen-bond acceptors (Lipinski definition) is 1. The van der Waals surface area contributed by atoms with E-state index in [-0.39, 0.29) is 0 Å². The molecule has 0 heterocycles. The Balaban J connectivity index is 1.76. The van der Waals surface area contributed by atoms with Crippen LogP contribution in [0.4, 0.5) is 13.2 Å². The molecule has 0 aromatic rings. The van der Waals surface area contributed by atoms with E-state index in [1.807, 2.05) is 0 Å². The predicted molar refractivity (Wildman–Crippen MR) is 70.9 cm³/mol. The fourth-order valence-electron chi connectivity index (χ4n) is 3.80. The van der Waals surface area contributed by atoms with Crippen LogP contribution in [0.2, 0.25) is 0 Å². The van der Waals surface area contributed by atoms with Gasteiger partial charge < -0.3 is 5.32 Å². The zero-order valence-electron chi connectivity index (χ0n) is 12.0. The Morgan fingerprint density at radius 3 is 2.05 bits per heavy atom. The van der Waals surface area contributed by atoms with Gasteiger partial charge in [0, 0.05) is 12.1 Å². The summed E-state index contributed by atoms with van der Waals surface area (Å²) in [6, 6.07) is 0.822. The van der Waals surface area contributed by atoms with Gasteiger partial charge in [-0.15, -0.1) is 0 Å². The number of hydrogen-bond donors (Lipinski definition) is 1. The van der Waals surface area contributed by atoms with E-state index in [0.717, 1.165) is 5.92 Å². The summed E-state index contributed by atoms with van der Waals surface area (Å²) < 4.78 is 37.8. The lowest BCUT2D eigenvalue weighted by atomic mass is 9.78. The smallest absolute Gasteiger partial charge is 0.311 e. The van der Waals surface area contributed by atoms with E-state index in [1.54, 1.807) is 0 Å². The van der Waals surface area contributed by atoms with Gasteiger partial charge in [-0.05, 0) is 56.8 Å². The molecule has 0 bridgehead atoms. The van der Waals surface area contributed by atoms with Crippen LogP contribution >= 0.6 is 0 Å². The van der Waals surface area contributed by atoms with Gasteiger partial charge in [0.15, 0.2) is 0 Å². The Hall–Kier alpha value is -0.250. The maximum Gasteiger partial charge on any atom is 0.391 e. The topological polar surface area (TPSA) is 12.0 Å². The second-order valence-corrected chi connectivity index (χ2v) is 6.76. The highest BCUT2D eigenvalue weighted by Gasteiger charge is 2.41. The van der Waals surface area contributed by atoms with Gasteiger partial charge in [0.2, 0.25) is 0 Å². The Labute approximate surface area is 114 Å². The molecule has 112 valence electrons. The number of nitrogens with one attached hydrogen (secondary N) is 1. The van der Waals surface area contributed by atoms with E-state index < -0.39 is 12.1 Å². The molecule has 3 atom stereocenters. The van der Waals surface area contributed by atoms with E-state index in [2.05, 4.69) is 19.2 Å².